The van der Waals surface area contributed by atoms with Crippen molar-refractivity contribution in [1.82, 2.24) is 15.1 Å². The fourth-order valence-electron chi connectivity index (χ4n) is 4.32. The van der Waals surface area contributed by atoms with Crippen molar-refractivity contribution in [3.05, 3.63) is 51.2 Å². The molecule has 6 nitrogen and oxygen atoms in total. The highest BCUT2D eigenvalue weighted by molar-refractivity contribution is 7.10. The zero-order valence-corrected chi connectivity index (χ0v) is 22.2. The van der Waals surface area contributed by atoms with Gasteiger partial charge >= 0.3 is 6.03 Å². The van der Waals surface area contributed by atoms with Crippen molar-refractivity contribution in [2.45, 2.75) is 66.5 Å². The molecular formula is C27H39N3O3S. The number of carbonyl (C=O) groups excluding carboxylic acids is 2. The van der Waals surface area contributed by atoms with Crippen molar-refractivity contribution in [2.75, 3.05) is 26.2 Å². The van der Waals surface area contributed by atoms with Gasteiger partial charge in [-0.3, -0.25) is 4.79 Å². The monoisotopic (exact) mass is 485 g/mol. The second kappa shape index (κ2) is 11.7. The molecule has 0 spiro atoms. The van der Waals surface area contributed by atoms with Crippen LogP contribution in [-0.2, 0) is 11.2 Å². The molecule has 0 bridgehead atoms. The third kappa shape index (κ3) is 6.53. The minimum atomic E-state index is -0.181. The number of hydrogen-bond acceptors (Lipinski definition) is 4. The zero-order valence-electron chi connectivity index (χ0n) is 21.4. The number of thiophene rings is 1. The van der Waals surface area contributed by atoms with Gasteiger partial charge in [-0.15, -0.1) is 11.3 Å². The number of fused-ring (bicyclic) bond motifs is 1. The Morgan fingerprint density at radius 1 is 1.24 bits per heavy atom. The Morgan fingerprint density at radius 2 is 2.00 bits per heavy atom. The van der Waals surface area contributed by atoms with E-state index in [1.165, 1.54) is 10.4 Å². The van der Waals surface area contributed by atoms with Crippen LogP contribution in [0, 0.1) is 19.8 Å². The number of rotatable bonds is 9. The molecule has 1 N–H and O–H groups in total. The quantitative estimate of drug-likeness (QED) is 0.522. The van der Waals surface area contributed by atoms with Crippen LogP contribution in [0.15, 0.2) is 29.6 Å². The number of nitrogens with zero attached hydrogens (tertiary/aromatic N) is 2. The van der Waals surface area contributed by atoms with E-state index in [1.54, 1.807) is 16.2 Å². The van der Waals surface area contributed by atoms with Gasteiger partial charge in [0, 0.05) is 24.0 Å². The number of aryl methyl sites for hydroxylation is 2. The van der Waals surface area contributed by atoms with Gasteiger partial charge < -0.3 is 19.9 Å². The molecule has 1 aromatic carbocycles. The number of amides is 3. The molecule has 34 heavy (non-hydrogen) atoms. The SMILES string of the molecule is CC[C@H](C)CN(CC(=O)N1CCc2sccc2[C@H]1COc1ccc(C)cc1C)C(=O)NC(C)C. The molecule has 2 aromatic rings. The highest BCUT2D eigenvalue weighted by atomic mass is 32.1. The van der Waals surface area contributed by atoms with Crippen LogP contribution < -0.4 is 10.1 Å². The molecule has 0 unspecified atom stereocenters. The Balaban J connectivity index is 1.78. The van der Waals surface area contributed by atoms with Gasteiger partial charge in [0.2, 0.25) is 5.91 Å². The summed E-state index contributed by atoms with van der Waals surface area (Å²) in [6, 6.07) is 7.93. The standard InChI is InChI=1S/C27H39N3O3S/c1-7-19(4)15-29(27(32)28-18(2)3)16-26(31)30-12-10-25-22(11-13-34-25)23(30)17-33-24-9-8-20(5)14-21(24)6/h8-9,11,13-14,18-19,23H,7,10,12,15-17H2,1-6H3,(H,28,32)/t19-,23+/m0/s1. The Bertz CT molecular complexity index is 987. The van der Waals surface area contributed by atoms with E-state index in [0.29, 0.717) is 25.6 Å². The van der Waals surface area contributed by atoms with Gasteiger partial charge in [-0.2, -0.15) is 0 Å². The summed E-state index contributed by atoms with van der Waals surface area (Å²) in [6.45, 7) is 13.9. The lowest BCUT2D eigenvalue weighted by atomic mass is 10.00. The minimum Gasteiger partial charge on any atom is -0.491 e. The highest BCUT2D eigenvalue weighted by Gasteiger charge is 2.34. The largest absolute Gasteiger partial charge is 0.491 e. The lowest BCUT2D eigenvalue weighted by molar-refractivity contribution is -0.135. The molecule has 0 saturated heterocycles. The number of ether oxygens (including phenoxy) is 1. The van der Waals surface area contributed by atoms with Gasteiger partial charge in [-0.05, 0) is 68.7 Å². The molecule has 1 aromatic heterocycles. The summed E-state index contributed by atoms with van der Waals surface area (Å²) in [5, 5.41) is 5.05. The van der Waals surface area contributed by atoms with Gasteiger partial charge in [0.1, 0.15) is 18.9 Å². The molecule has 2 atom stereocenters. The fourth-order valence-corrected chi connectivity index (χ4v) is 5.25. The Morgan fingerprint density at radius 3 is 2.68 bits per heavy atom. The van der Waals surface area contributed by atoms with E-state index in [1.807, 2.05) is 37.8 Å². The number of benzene rings is 1. The second-order valence-corrected chi connectivity index (χ2v) is 10.7. The lowest BCUT2D eigenvalue weighted by Gasteiger charge is -2.37. The van der Waals surface area contributed by atoms with Crippen LogP contribution in [0.1, 0.15) is 61.7 Å². The smallest absolute Gasteiger partial charge is 0.318 e. The minimum absolute atomic E-state index is 0.0179. The molecule has 186 valence electrons. The summed E-state index contributed by atoms with van der Waals surface area (Å²) in [5.41, 5.74) is 3.44. The zero-order chi connectivity index (χ0) is 24.8. The van der Waals surface area contributed by atoms with Crippen LogP contribution in [0.3, 0.4) is 0 Å². The predicted octanol–water partition coefficient (Wildman–Crippen LogP) is 5.34. The number of nitrogens with one attached hydrogen (secondary N) is 1. The van der Waals surface area contributed by atoms with Gasteiger partial charge in [0.15, 0.2) is 0 Å². The second-order valence-electron chi connectivity index (χ2n) is 9.73. The summed E-state index contributed by atoms with van der Waals surface area (Å²) >= 11 is 1.74. The number of carbonyl (C=O) groups is 2. The molecule has 0 fully saturated rings. The molecule has 0 aliphatic carbocycles. The Labute approximate surface area is 208 Å². The summed E-state index contributed by atoms with van der Waals surface area (Å²) in [4.78, 5) is 31.3. The predicted molar refractivity (Wildman–Crippen MR) is 139 cm³/mol. The van der Waals surface area contributed by atoms with E-state index < -0.39 is 0 Å². The van der Waals surface area contributed by atoms with Gasteiger partial charge in [0.05, 0.1) is 6.04 Å². The molecule has 7 heteroatoms. The van der Waals surface area contributed by atoms with E-state index in [2.05, 4.69) is 43.6 Å². The first-order valence-corrected chi connectivity index (χ1v) is 13.2. The van der Waals surface area contributed by atoms with E-state index in [4.69, 9.17) is 4.74 Å². The Hall–Kier alpha value is -2.54. The van der Waals surface area contributed by atoms with E-state index >= 15 is 0 Å². The molecular weight excluding hydrogens is 446 g/mol. The molecule has 3 rings (SSSR count). The van der Waals surface area contributed by atoms with E-state index in [-0.39, 0.29) is 30.6 Å². The van der Waals surface area contributed by atoms with Crippen LogP contribution in [0.2, 0.25) is 0 Å². The lowest BCUT2D eigenvalue weighted by Crippen LogP contribution is -2.51. The fraction of sp³-hybridized carbons (Fsp3) is 0.556. The normalized spacial score (nSPS) is 16.2. The topological polar surface area (TPSA) is 61.9 Å². The molecule has 3 amide bonds. The van der Waals surface area contributed by atoms with Crippen molar-refractivity contribution in [1.29, 1.82) is 0 Å². The molecule has 0 radical (unpaired) electrons. The first-order valence-electron chi connectivity index (χ1n) is 12.3. The molecule has 1 aliphatic heterocycles. The summed E-state index contributed by atoms with van der Waals surface area (Å²) in [7, 11) is 0. The average Bonchev–Trinajstić information content (AvgIpc) is 3.26. The third-order valence-electron chi connectivity index (χ3n) is 6.40. The summed E-state index contributed by atoms with van der Waals surface area (Å²) < 4.78 is 6.24. The maximum atomic E-state index is 13.6. The summed E-state index contributed by atoms with van der Waals surface area (Å²) in [5.74, 6) is 1.13. The molecule has 1 aliphatic rings. The first-order chi connectivity index (χ1) is 16.2. The third-order valence-corrected chi connectivity index (χ3v) is 7.39. The van der Waals surface area contributed by atoms with Crippen molar-refractivity contribution in [3.63, 3.8) is 0 Å². The van der Waals surface area contributed by atoms with Gasteiger partial charge in [-0.25, -0.2) is 4.79 Å². The van der Waals surface area contributed by atoms with Crippen LogP contribution >= 0.6 is 11.3 Å². The van der Waals surface area contributed by atoms with Crippen LogP contribution in [0.5, 0.6) is 5.75 Å². The molecule has 2 heterocycles. The van der Waals surface area contributed by atoms with Crippen LogP contribution in [0.25, 0.3) is 0 Å². The van der Waals surface area contributed by atoms with Crippen LogP contribution in [-0.4, -0.2) is 54.0 Å². The van der Waals surface area contributed by atoms with Gasteiger partial charge in [-0.1, -0.05) is 38.0 Å². The van der Waals surface area contributed by atoms with Crippen molar-refractivity contribution in [2.24, 2.45) is 5.92 Å². The van der Waals surface area contributed by atoms with Crippen molar-refractivity contribution in [3.8, 4) is 5.75 Å². The van der Waals surface area contributed by atoms with Gasteiger partial charge in [0.25, 0.3) is 0 Å². The maximum absolute atomic E-state index is 13.6. The van der Waals surface area contributed by atoms with E-state index in [0.717, 1.165) is 29.7 Å². The van der Waals surface area contributed by atoms with Crippen LogP contribution in [0.4, 0.5) is 4.79 Å². The Kier molecular flexibility index (Phi) is 9.00. The number of urea groups is 1. The average molecular weight is 486 g/mol. The first kappa shape index (κ1) is 26.1. The molecule has 0 saturated carbocycles. The maximum Gasteiger partial charge on any atom is 0.318 e. The summed E-state index contributed by atoms with van der Waals surface area (Å²) in [6.07, 6.45) is 1.79. The highest BCUT2D eigenvalue weighted by Crippen LogP contribution is 2.34. The van der Waals surface area contributed by atoms with E-state index in [9.17, 15) is 9.59 Å². The van der Waals surface area contributed by atoms with Crippen molar-refractivity contribution >= 4 is 23.3 Å². The van der Waals surface area contributed by atoms with Crippen molar-refractivity contribution < 1.29 is 14.3 Å². The number of hydrogen-bond donors (Lipinski definition) is 1.